The Hall–Kier alpha value is -0.650. The van der Waals surface area contributed by atoms with E-state index in [1.165, 1.54) is 0 Å². The van der Waals surface area contributed by atoms with Gasteiger partial charge in [-0.15, -0.1) is 0 Å². The van der Waals surface area contributed by atoms with Gasteiger partial charge in [0.1, 0.15) is 0 Å². The van der Waals surface area contributed by atoms with E-state index >= 15 is 0 Å². The number of rotatable bonds is 2. The van der Waals surface area contributed by atoms with Crippen LogP contribution in [0.5, 0.6) is 0 Å². The lowest BCUT2D eigenvalue weighted by molar-refractivity contribution is 0.178. The van der Waals surface area contributed by atoms with Gasteiger partial charge in [-0.25, -0.2) is 9.99 Å². The van der Waals surface area contributed by atoms with Gasteiger partial charge in [0.05, 0.1) is 4.47 Å². The number of halogens is 1. The number of hydrogen-bond acceptors (Lipinski definition) is 4. The summed E-state index contributed by atoms with van der Waals surface area (Å²) in [5.74, 6) is 0.898. The number of aryl methyl sites for hydroxylation is 1. The molecule has 0 saturated carbocycles. The minimum Gasteiger partial charge on any atom is -0.304 e. The van der Waals surface area contributed by atoms with Gasteiger partial charge in [-0.2, -0.15) is 0 Å². The number of piperazine rings is 1. The van der Waals surface area contributed by atoms with Gasteiger partial charge in [-0.3, -0.25) is 0 Å². The maximum Gasteiger partial charge on any atom is 0.154 e. The van der Waals surface area contributed by atoms with Crippen molar-refractivity contribution in [3.8, 4) is 0 Å². The normalized spacial score (nSPS) is 18.7. The summed E-state index contributed by atoms with van der Waals surface area (Å²) in [6.07, 6.45) is 1.88. The van der Waals surface area contributed by atoms with Gasteiger partial charge < -0.3 is 10.3 Å². The molecule has 1 aliphatic heterocycles. The average molecular weight is 285 g/mol. The van der Waals surface area contributed by atoms with Crippen molar-refractivity contribution in [1.82, 2.24) is 14.9 Å². The lowest BCUT2D eigenvalue weighted by atomic mass is 10.3. The Morgan fingerprint density at radius 2 is 2.00 bits per heavy atom. The molecule has 2 rings (SSSR count). The largest absolute Gasteiger partial charge is 0.304 e. The van der Waals surface area contributed by atoms with Gasteiger partial charge in [0.2, 0.25) is 0 Å². The SMILES string of the molecule is Cc1cnc(NN2CCN(C)CC2)c(Br)c1. The van der Waals surface area contributed by atoms with Gasteiger partial charge in [-0.05, 0) is 41.5 Å². The fourth-order valence-electron chi connectivity index (χ4n) is 1.68. The standard InChI is InChI=1S/C11H17BrN4/c1-9-7-10(12)11(13-8-9)14-16-5-3-15(2)4-6-16/h7-8H,3-6H2,1-2H3,(H,13,14). The maximum absolute atomic E-state index is 4.38. The first kappa shape index (κ1) is 11.8. The molecule has 0 bridgehead atoms. The summed E-state index contributed by atoms with van der Waals surface area (Å²) >= 11 is 3.52. The summed E-state index contributed by atoms with van der Waals surface area (Å²) in [4.78, 5) is 6.71. The number of hydrogen-bond donors (Lipinski definition) is 1. The molecule has 1 aromatic heterocycles. The second-order valence-corrected chi connectivity index (χ2v) is 5.10. The highest BCUT2D eigenvalue weighted by atomic mass is 79.9. The molecular formula is C11H17BrN4. The third kappa shape index (κ3) is 2.93. The maximum atomic E-state index is 4.38. The molecule has 0 radical (unpaired) electrons. The molecule has 88 valence electrons. The number of hydrazine groups is 1. The van der Waals surface area contributed by atoms with Crippen LogP contribution in [0.4, 0.5) is 5.82 Å². The van der Waals surface area contributed by atoms with E-state index in [1.807, 2.05) is 13.1 Å². The molecule has 1 fully saturated rings. The van der Waals surface area contributed by atoms with Crippen molar-refractivity contribution in [3.05, 3.63) is 22.3 Å². The van der Waals surface area contributed by atoms with Crippen LogP contribution >= 0.6 is 15.9 Å². The summed E-state index contributed by atoms with van der Waals surface area (Å²) < 4.78 is 1.02. The first-order chi connectivity index (χ1) is 7.65. The fourth-order valence-corrected chi connectivity index (χ4v) is 2.24. The van der Waals surface area contributed by atoms with Crippen LogP contribution in [0.15, 0.2) is 16.7 Å². The van der Waals surface area contributed by atoms with Crippen molar-refractivity contribution < 1.29 is 0 Å². The minimum atomic E-state index is 0.898. The van der Waals surface area contributed by atoms with Crippen molar-refractivity contribution in [3.63, 3.8) is 0 Å². The van der Waals surface area contributed by atoms with Crippen LogP contribution in [0.3, 0.4) is 0 Å². The summed E-state index contributed by atoms with van der Waals surface area (Å²) in [7, 11) is 2.15. The highest BCUT2D eigenvalue weighted by Crippen LogP contribution is 2.21. The molecule has 0 amide bonds. The predicted octanol–water partition coefficient (Wildman–Crippen LogP) is 1.73. The Kier molecular flexibility index (Phi) is 3.78. The van der Waals surface area contributed by atoms with E-state index in [4.69, 9.17) is 0 Å². The van der Waals surface area contributed by atoms with E-state index in [1.54, 1.807) is 0 Å². The molecule has 0 unspecified atom stereocenters. The van der Waals surface area contributed by atoms with E-state index in [2.05, 4.69) is 49.4 Å². The van der Waals surface area contributed by atoms with Crippen LogP contribution in [-0.2, 0) is 0 Å². The van der Waals surface area contributed by atoms with Gasteiger partial charge in [-0.1, -0.05) is 0 Å². The van der Waals surface area contributed by atoms with Crippen LogP contribution in [0, 0.1) is 6.92 Å². The Balaban J connectivity index is 1.98. The molecule has 2 heterocycles. The van der Waals surface area contributed by atoms with E-state index < -0.39 is 0 Å². The highest BCUT2D eigenvalue weighted by Gasteiger charge is 2.14. The van der Waals surface area contributed by atoms with Crippen molar-refractivity contribution in [2.24, 2.45) is 0 Å². The van der Waals surface area contributed by atoms with E-state index in [-0.39, 0.29) is 0 Å². The van der Waals surface area contributed by atoms with Crippen LogP contribution < -0.4 is 5.43 Å². The molecule has 0 aromatic carbocycles. The quantitative estimate of drug-likeness (QED) is 0.896. The van der Waals surface area contributed by atoms with Gasteiger partial charge in [0, 0.05) is 32.4 Å². The topological polar surface area (TPSA) is 31.4 Å². The number of anilines is 1. The Labute approximate surface area is 105 Å². The third-order valence-corrected chi connectivity index (χ3v) is 3.35. The van der Waals surface area contributed by atoms with Crippen LogP contribution in [-0.4, -0.2) is 48.1 Å². The zero-order valence-corrected chi connectivity index (χ0v) is 11.3. The number of nitrogens with zero attached hydrogens (tertiary/aromatic N) is 3. The zero-order valence-electron chi connectivity index (χ0n) is 9.70. The van der Waals surface area contributed by atoms with Gasteiger partial charge >= 0.3 is 0 Å². The Bertz CT molecular complexity index is 361. The molecule has 1 aliphatic rings. The summed E-state index contributed by atoms with van der Waals surface area (Å²) in [6, 6.07) is 2.07. The fraction of sp³-hybridized carbons (Fsp3) is 0.545. The molecular weight excluding hydrogens is 268 g/mol. The van der Waals surface area contributed by atoms with Crippen LogP contribution in [0.2, 0.25) is 0 Å². The Morgan fingerprint density at radius 1 is 1.31 bits per heavy atom. The van der Waals surface area contributed by atoms with Crippen LogP contribution in [0.25, 0.3) is 0 Å². The van der Waals surface area contributed by atoms with E-state index in [0.717, 1.165) is 42.0 Å². The summed E-state index contributed by atoms with van der Waals surface area (Å²) in [5.41, 5.74) is 4.51. The molecule has 4 nitrogen and oxygen atoms in total. The van der Waals surface area contributed by atoms with E-state index in [9.17, 15) is 0 Å². The lowest BCUT2D eigenvalue weighted by Gasteiger charge is -2.32. The Morgan fingerprint density at radius 3 is 2.62 bits per heavy atom. The van der Waals surface area contributed by atoms with Crippen LogP contribution in [0.1, 0.15) is 5.56 Å². The second-order valence-electron chi connectivity index (χ2n) is 4.25. The molecule has 5 heteroatoms. The minimum absolute atomic E-state index is 0.898. The number of likely N-dealkylation sites (N-methyl/N-ethyl adjacent to an activating group) is 1. The molecule has 1 saturated heterocycles. The summed E-state index contributed by atoms with van der Waals surface area (Å²) in [6.45, 7) is 6.28. The summed E-state index contributed by atoms with van der Waals surface area (Å²) in [5, 5.41) is 2.21. The molecule has 0 atom stereocenters. The molecule has 0 aliphatic carbocycles. The lowest BCUT2D eigenvalue weighted by Crippen LogP contribution is -2.47. The van der Waals surface area contributed by atoms with E-state index in [0.29, 0.717) is 0 Å². The second kappa shape index (κ2) is 5.12. The number of aromatic nitrogens is 1. The predicted molar refractivity (Wildman–Crippen MR) is 69.4 cm³/mol. The molecule has 1 aromatic rings. The number of pyridine rings is 1. The van der Waals surface area contributed by atoms with Gasteiger partial charge in [0.25, 0.3) is 0 Å². The smallest absolute Gasteiger partial charge is 0.154 e. The molecule has 1 N–H and O–H groups in total. The average Bonchev–Trinajstić information content (AvgIpc) is 2.25. The highest BCUT2D eigenvalue weighted by molar-refractivity contribution is 9.10. The van der Waals surface area contributed by atoms with Crippen molar-refractivity contribution in [1.29, 1.82) is 0 Å². The van der Waals surface area contributed by atoms with Crippen molar-refractivity contribution in [2.75, 3.05) is 38.7 Å². The molecule has 16 heavy (non-hydrogen) atoms. The third-order valence-electron chi connectivity index (χ3n) is 2.75. The van der Waals surface area contributed by atoms with Crippen molar-refractivity contribution in [2.45, 2.75) is 6.92 Å². The first-order valence-corrected chi connectivity index (χ1v) is 6.27. The molecule has 0 spiro atoms. The number of nitrogens with one attached hydrogen (secondary N) is 1. The monoisotopic (exact) mass is 284 g/mol. The first-order valence-electron chi connectivity index (χ1n) is 5.47. The van der Waals surface area contributed by atoms with Gasteiger partial charge in [0.15, 0.2) is 5.82 Å². The zero-order chi connectivity index (χ0) is 11.5. The van der Waals surface area contributed by atoms with Crippen molar-refractivity contribution >= 4 is 21.7 Å².